The van der Waals surface area contributed by atoms with Gasteiger partial charge in [0.15, 0.2) is 11.6 Å². The van der Waals surface area contributed by atoms with Crippen molar-refractivity contribution in [1.29, 1.82) is 0 Å². The SMILES string of the molecule is Cc1cc(OC(F)(F)F)cc(-n2cnc(Nc3nc(N4CCCC4)c4cccn4n3)c2)c1. The van der Waals surface area contributed by atoms with Crippen molar-refractivity contribution in [1.82, 2.24) is 24.1 Å². The Bertz CT molecular complexity index is 1260. The first-order valence-electron chi connectivity index (χ1n) is 10.1. The lowest BCUT2D eigenvalue weighted by atomic mass is 10.2. The molecule has 11 heteroatoms. The second kappa shape index (κ2) is 7.74. The van der Waals surface area contributed by atoms with E-state index in [1.165, 1.54) is 18.5 Å². The molecule has 1 fully saturated rings. The third kappa shape index (κ3) is 4.18. The van der Waals surface area contributed by atoms with Gasteiger partial charge in [-0.1, -0.05) is 0 Å². The van der Waals surface area contributed by atoms with E-state index in [4.69, 9.17) is 0 Å². The monoisotopic (exact) mass is 443 g/mol. The highest BCUT2D eigenvalue weighted by Crippen LogP contribution is 2.28. The number of nitrogens with one attached hydrogen (secondary N) is 1. The first-order chi connectivity index (χ1) is 15.3. The molecule has 0 amide bonds. The van der Waals surface area contributed by atoms with Crippen molar-refractivity contribution < 1.29 is 17.9 Å². The quantitative estimate of drug-likeness (QED) is 0.491. The maximum absolute atomic E-state index is 12.6. The zero-order chi connectivity index (χ0) is 22.3. The fourth-order valence-corrected chi connectivity index (χ4v) is 3.85. The van der Waals surface area contributed by atoms with Crippen LogP contribution in [0.25, 0.3) is 11.2 Å². The third-order valence-electron chi connectivity index (χ3n) is 5.17. The molecule has 8 nitrogen and oxygen atoms in total. The van der Waals surface area contributed by atoms with Crippen LogP contribution in [0.1, 0.15) is 18.4 Å². The van der Waals surface area contributed by atoms with Crippen LogP contribution >= 0.6 is 0 Å². The molecule has 3 aromatic heterocycles. The Hall–Kier alpha value is -3.76. The van der Waals surface area contributed by atoms with Gasteiger partial charge in [0.05, 0.1) is 11.9 Å². The van der Waals surface area contributed by atoms with Crippen LogP contribution in [0.2, 0.25) is 0 Å². The molecule has 0 aliphatic carbocycles. The van der Waals surface area contributed by atoms with Gasteiger partial charge in [-0.3, -0.25) is 0 Å². The van der Waals surface area contributed by atoms with E-state index in [1.807, 2.05) is 18.3 Å². The van der Waals surface area contributed by atoms with Gasteiger partial charge in [0, 0.05) is 25.4 Å². The van der Waals surface area contributed by atoms with E-state index in [0.717, 1.165) is 37.3 Å². The number of anilines is 3. The van der Waals surface area contributed by atoms with Gasteiger partial charge in [0.25, 0.3) is 0 Å². The Kier molecular flexibility index (Phi) is 4.87. The topological polar surface area (TPSA) is 72.5 Å². The summed E-state index contributed by atoms with van der Waals surface area (Å²) in [6, 6.07) is 8.26. The van der Waals surface area contributed by atoms with E-state index in [9.17, 15) is 13.2 Å². The minimum Gasteiger partial charge on any atom is -0.406 e. The lowest BCUT2D eigenvalue weighted by molar-refractivity contribution is -0.274. The van der Waals surface area contributed by atoms with Gasteiger partial charge < -0.3 is 19.5 Å². The van der Waals surface area contributed by atoms with Crippen molar-refractivity contribution in [2.45, 2.75) is 26.1 Å². The molecule has 1 aromatic carbocycles. The largest absolute Gasteiger partial charge is 0.573 e. The number of hydrogen-bond donors (Lipinski definition) is 1. The van der Waals surface area contributed by atoms with E-state index in [1.54, 1.807) is 28.3 Å². The molecule has 1 aliphatic rings. The maximum Gasteiger partial charge on any atom is 0.573 e. The van der Waals surface area contributed by atoms with Crippen LogP contribution in [-0.2, 0) is 0 Å². The molecule has 1 saturated heterocycles. The van der Waals surface area contributed by atoms with Crippen molar-refractivity contribution >= 4 is 23.1 Å². The first-order valence-corrected chi connectivity index (χ1v) is 10.1. The van der Waals surface area contributed by atoms with Gasteiger partial charge in [0.2, 0.25) is 5.95 Å². The van der Waals surface area contributed by atoms with Gasteiger partial charge in [-0.25, -0.2) is 9.50 Å². The molecule has 32 heavy (non-hydrogen) atoms. The Balaban J connectivity index is 1.42. The van der Waals surface area contributed by atoms with Gasteiger partial charge in [-0.05, 0) is 49.6 Å². The van der Waals surface area contributed by atoms with Gasteiger partial charge in [-0.2, -0.15) is 4.98 Å². The van der Waals surface area contributed by atoms with Crippen molar-refractivity contribution in [2.75, 3.05) is 23.3 Å². The smallest absolute Gasteiger partial charge is 0.406 e. The lowest BCUT2D eigenvalue weighted by Crippen LogP contribution is -2.21. The van der Waals surface area contributed by atoms with E-state index < -0.39 is 6.36 Å². The van der Waals surface area contributed by atoms with Crippen LogP contribution in [0.15, 0.2) is 49.1 Å². The van der Waals surface area contributed by atoms with E-state index in [-0.39, 0.29) is 5.75 Å². The zero-order valence-corrected chi connectivity index (χ0v) is 17.2. The molecule has 1 aliphatic heterocycles. The summed E-state index contributed by atoms with van der Waals surface area (Å²) in [7, 11) is 0. The molecule has 4 heterocycles. The van der Waals surface area contributed by atoms with Crippen LogP contribution in [0.3, 0.4) is 0 Å². The molecular weight excluding hydrogens is 423 g/mol. The summed E-state index contributed by atoms with van der Waals surface area (Å²) in [4.78, 5) is 11.2. The molecule has 1 N–H and O–H groups in total. The van der Waals surface area contributed by atoms with E-state index >= 15 is 0 Å². The van der Waals surface area contributed by atoms with Crippen LogP contribution in [0.5, 0.6) is 5.75 Å². The number of halogens is 3. The highest BCUT2D eigenvalue weighted by Gasteiger charge is 2.31. The second-order valence-electron chi connectivity index (χ2n) is 7.63. The summed E-state index contributed by atoms with van der Waals surface area (Å²) in [5.74, 6) is 1.42. The third-order valence-corrected chi connectivity index (χ3v) is 5.17. The van der Waals surface area contributed by atoms with E-state index in [2.05, 4.69) is 30.0 Å². The van der Waals surface area contributed by atoms with Crippen LogP contribution < -0.4 is 15.0 Å². The Labute approximate surface area is 181 Å². The highest BCUT2D eigenvalue weighted by molar-refractivity contribution is 5.71. The number of aryl methyl sites for hydroxylation is 1. The van der Waals surface area contributed by atoms with Crippen LogP contribution in [0.4, 0.5) is 30.8 Å². The van der Waals surface area contributed by atoms with E-state index in [0.29, 0.717) is 23.0 Å². The summed E-state index contributed by atoms with van der Waals surface area (Å²) < 4.78 is 45.3. The molecule has 0 bridgehead atoms. The zero-order valence-electron chi connectivity index (χ0n) is 17.2. The summed E-state index contributed by atoms with van der Waals surface area (Å²) in [5.41, 5.74) is 2.05. The number of nitrogens with zero attached hydrogens (tertiary/aromatic N) is 6. The molecule has 0 saturated carbocycles. The lowest BCUT2D eigenvalue weighted by Gasteiger charge is -2.18. The molecule has 166 valence electrons. The first kappa shape index (κ1) is 20.2. The standard InChI is InChI=1S/C21H20F3N7O/c1-14-9-15(11-16(10-14)32-21(22,23)24)30-12-18(25-13-30)26-20-27-19(29-6-2-3-7-29)17-5-4-8-31(17)28-20/h4-5,8-13H,2-3,6-7H2,1H3,(H,26,28). The summed E-state index contributed by atoms with van der Waals surface area (Å²) in [6.45, 7) is 3.59. The summed E-state index contributed by atoms with van der Waals surface area (Å²) in [6.07, 6.45) is 2.51. The number of aromatic nitrogens is 5. The number of hydrogen-bond acceptors (Lipinski definition) is 6. The van der Waals surface area contributed by atoms with Gasteiger partial charge in [-0.15, -0.1) is 18.3 Å². The highest BCUT2D eigenvalue weighted by atomic mass is 19.4. The molecule has 5 rings (SSSR count). The average molecular weight is 443 g/mol. The fraction of sp³-hybridized carbons (Fsp3) is 0.286. The molecule has 0 unspecified atom stereocenters. The predicted octanol–water partition coefficient (Wildman–Crippen LogP) is 4.47. The number of fused-ring (bicyclic) bond motifs is 1. The van der Waals surface area contributed by atoms with Crippen LogP contribution in [-0.4, -0.2) is 43.6 Å². The van der Waals surface area contributed by atoms with Crippen molar-refractivity contribution in [3.8, 4) is 11.4 Å². The predicted molar refractivity (Wildman–Crippen MR) is 113 cm³/mol. The fourth-order valence-electron chi connectivity index (χ4n) is 3.85. The minimum absolute atomic E-state index is 0.285. The number of alkyl halides is 3. The number of imidazole rings is 1. The van der Waals surface area contributed by atoms with Crippen LogP contribution in [0, 0.1) is 6.92 Å². The molecule has 0 radical (unpaired) electrons. The average Bonchev–Trinajstić information content (AvgIpc) is 3.47. The molecule has 4 aromatic rings. The molecule has 0 spiro atoms. The second-order valence-corrected chi connectivity index (χ2v) is 7.63. The Morgan fingerprint density at radius 3 is 2.72 bits per heavy atom. The van der Waals surface area contributed by atoms with Crippen molar-refractivity contribution in [3.05, 3.63) is 54.6 Å². The van der Waals surface area contributed by atoms with Crippen molar-refractivity contribution in [3.63, 3.8) is 0 Å². The minimum atomic E-state index is -4.76. The summed E-state index contributed by atoms with van der Waals surface area (Å²) >= 11 is 0. The van der Waals surface area contributed by atoms with Gasteiger partial charge in [0.1, 0.15) is 17.6 Å². The number of ether oxygens (including phenoxy) is 1. The van der Waals surface area contributed by atoms with Crippen molar-refractivity contribution in [2.24, 2.45) is 0 Å². The van der Waals surface area contributed by atoms with Gasteiger partial charge >= 0.3 is 6.36 Å². The normalized spacial score (nSPS) is 14.3. The number of rotatable bonds is 5. The summed E-state index contributed by atoms with van der Waals surface area (Å²) in [5, 5.41) is 7.58. The molecule has 0 atom stereocenters. The number of benzene rings is 1. The Morgan fingerprint density at radius 1 is 1.12 bits per heavy atom. The maximum atomic E-state index is 12.6. The Morgan fingerprint density at radius 2 is 1.94 bits per heavy atom. The molecular formula is C21H20F3N7O.